The largest absolute Gasteiger partial charge is 0.462 e. The molecule has 3 aromatic rings. The first-order chi connectivity index (χ1) is 17.4. The summed E-state index contributed by atoms with van der Waals surface area (Å²) in [6.45, 7) is 5.99. The molecule has 1 atom stereocenters. The van der Waals surface area contributed by atoms with Gasteiger partial charge in [-0.2, -0.15) is 0 Å². The van der Waals surface area contributed by atoms with E-state index >= 15 is 0 Å². The van der Waals surface area contributed by atoms with Crippen molar-refractivity contribution in [3.05, 3.63) is 105 Å². The number of carbonyl (C=O) groups excluding carboxylic acids is 2. The van der Waals surface area contributed by atoms with Crippen molar-refractivity contribution in [1.82, 2.24) is 4.57 Å². The Balaban J connectivity index is 1.87. The number of hydrogen-bond donors (Lipinski definition) is 1. The van der Waals surface area contributed by atoms with Crippen molar-refractivity contribution in [2.75, 3.05) is 11.5 Å². The van der Waals surface area contributed by atoms with Crippen LogP contribution in [0.5, 0.6) is 5.75 Å². The van der Waals surface area contributed by atoms with Crippen molar-refractivity contribution in [1.29, 1.82) is 0 Å². The highest BCUT2D eigenvalue weighted by molar-refractivity contribution is 6.18. The minimum atomic E-state index is -1.81. The van der Waals surface area contributed by atoms with Crippen molar-refractivity contribution in [2.24, 2.45) is 5.73 Å². The van der Waals surface area contributed by atoms with Gasteiger partial charge in [0.1, 0.15) is 16.7 Å². The van der Waals surface area contributed by atoms with Gasteiger partial charge in [0.15, 0.2) is 0 Å². The molecule has 1 amide bonds. The molecular formula is C28H27N3O5. The third kappa shape index (κ3) is 3.17. The molecule has 0 aliphatic carbocycles. The molecule has 0 saturated heterocycles. The van der Waals surface area contributed by atoms with Crippen LogP contribution in [0.4, 0.5) is 5.69 Å². The van der Waals surface area contributed by atoms with Crippen molar-refractivity contribution in [3.8, 4) is 5.75 Å². The number of ether oxygens (including phenoxy) is 2. The van der Waals surface area contributed by atoms with Crippen LogP contribution in [0.2, 0.25) is 0 Å². The van der Waals surface area contributed by atoms with Crippen molar-refractivity contribution >= 4 is 17.6 Å². The first-order valence-electron chi connectivity index (χ1n) is 11.9. The lowest BCUT2D eigenvalue weighted by atomic mass is 9.68. The average Bonchev–Trinajstić information content (AvgIpc) is 3.08. The smallest absolute Gasteiger partial charge is 0.341 e. The van der Waals surface area contributed by atoms with Gasteiger partial charge >= 0.3 is 5.97 Å². The summed E-state index contributed by atoms with van der Waals surface area (Å²) in [5.41, 5.74) is 6.66. The second kappa shape index (κ2) is 8.71. The van der Waals surface area contributed by atoms with E-state index in [4.69, 9.17) is 15.2 Å². The Morgan fingerprint density at radius 1 is 1.06 bits per heavy atom. The predicted octanol–water partition coefficient (Wildman–Crippen LogP) is 3.14. The number of hydrogen-bond acceptors (Lipinski definition) is 6. The van der Waals surface area contributed by atoms with Crippen molar-refractivity contribution in [2.45, 2.75) is 39.3 Å². The second-order valence-corrected chi connectivity index (χ2v) is 8.78. The van der Waals surface area contributed by atoms with Crippen LogP contribution in [0.15, 0.2) is 76.9 Å². The van der Waals surface area contributed by atoms with E-state index < -0.39 is 22.9 Å². The number of nitrogens with zero attached hydrogens (tertiary/aromatic N) is 2. The maximum Gasteiger partial charge on any atom is 0.341 e. The van der Waals surface area contributed by atoms with Crippen LogP contribution in [0.1, 0.15) is 36.2 Å². The molecule has 0 bridgehead atoms. The predicted molar refractivity (Wildman–Crippen MR) is 134 cm³/mol. The van der Waals surface area contributed by atoms with Gasteiger partial charge in [0.05, 0.1) is 18.7 Å². The molecule has 0 saturated carbocycles. The lowest BCUT2D eigenvalue weighted by Gasteiger charge is -2.36. The summed E-state index contributed by atoms with van der Waals surface area (Å²) < 4.78 is 12.8. The quantitative estimate of drug-likeness (QED) is 0.557. The molecule has 184 valence electrons. The molecule has 5 rings (SSSR count). The van der Waals surface area contributed by atoms with Crippen LogP contribution in [0.25, 0.3) is 0 Å². The number of esters is 1. The number of rotatable bonds is 5. The summed E-state index contributed by atoms with van der Waals surface area (Å²) in [6, 6.07) is 18.4. The van der Waals surface area contributed by atoms with Gasteiger partial charge < -0.3 is 24.7 Å². The third-order valence-electron chi connectivity index (χ3n) is 6.83. The van der Waals surface area contributed by atoms with Crippen LogP contribution >= 0.6 is 0 Å². The maximum atomic E-state index is 14.6. The Bertz CT molecular complexity index is 1470. The lowest BCUT2D eigenvalue weighted by Crippen LogP contribution is -2.52. The number of amides is 1. The molecular weight excluding hydrogens is 458 g/mol. The van der Waals surface area contributed by atoms with Gasteiger partial charge in [0, 0.05) is 29.6 Å². The fraction of sp³-hybridized carbons (Fsp3) is 0.250. The van der Waals surface area contributed by atoms with Crippen LogP contribution in [0, 0.1) is 6.92 Å². The number of anilines is 1. The maximum absolute atomic E-state index is 14.6. The minimum absolute atomic E-state index is 0.0647. The summed E-state index contributed by atoms with van der Waals surface area (Å²) in [5.74, 6) is -1.34. The fourth-order valence-corrected chi connectivity index (χ4v) is 5.35. The molecule has 2 aromatic carbocycles. The summed E-state index contributed by atoms with van der Waals surface area (Å²) in [4.78, 5) is 43.6. The van der Waals surface area contributed by atoms with E-state index in [1.54, 1.807) is 41.5 Å². The number of carbonyl (C=O) groups is 2. The number of fused-ring (bicyclic) bond motifs is 4. The highest BCUT2D eigenvalue weighted by Gasteiger charge is 2.62. The Kier molecular flexibility index (Phi) is 5.67. The van der Waals surface area contributed by atoms with Crippen LogP contribution in [-0.2, 0) is 32.8 Å². The van der Waals surface area contributed by atoms with Crippen LogP contribution in [0.3, 0.4) is 0 Å². The zero-order valence-corrected chi connectivity index (χ0v) is 20.4. The number of para-hydroxylation sites is 1. The SMILES string of the molecule is CCOC(=O)C1=C(N)Oc2cc(C)n(CC)c(=O)c2C12C(=O)N(Cc1ccccc1)c1ccccc12. The van der Waals surface area contributed by atoms with Gasteiger partial charge in [-0.15, -0.1) is 0 Å². The Labute approximate surface area is 208 Å². The summed E-state index contributed by atoms with van der Waals surface area (Å²) >= 11 is 0. The normalized spacial score (nSPS) is 18.2. The molecule has 0 fully saturated rings. The standard InChI is InChI=1S/C28H27N3O5/c1-4-30-17(3)15-21-22(25(30)32)28(23(24(29)36-21)26(33)35-5-2)19-13-9-10-14-20(19)31(27(28)34)16-18-11-7-6-8-12-18/h6-15H,4-5,16,29H2,1-3H3. The lowest BCUT2D eigenvalue weighted by molar-refractivity contribution is -0.140. The van der Waals surface area contributed by atoms with Gasteiger partial charge in [-0.1, -0.05) is 48.5 Å². The number of aromatic nitrogens is 1. The van der Waals surface area contributed by atoms with Crippen LogP contribution < -0.4 is 20.9 Å². The second-order valence-electron chi connectivity index (χ2n) is 8.78. The Morgan fingerprint density at radius 2 is 1.75 bits per heavy atom. The van der Waals surface area contributed by atoms with E-state index in [2.05, 4.69) is 0 Å². The summed E-state index contributed by atoms with van der Waals surface area (Å²) in [5, 5.41) is 0. The molecule has 8 heteroatoms. The van der Waals surface area contributed by atoms with Crippen LogP contribution in [-0.4, -0.2) is 23.1 Å². The monoisotopic (exact) mass is 485 g/mol. The summed E-state index contributed by atoms with van der Waals surface area (Å²) in [7, 11) is 0. The van der Waals surface area contributed by atoms with E-state index in [0.29, 0.717) is 23.5 Å². The molecule has 0 radical (unpaired) electrons. The molecule has 2 aliphatic rings. The first-order valence-corrected chi connectivity index (χ1v) is 11.9. The molecule has 36 heavy (non-hydrogen) atoms. The Morgan fingerprint density at radius 3 is 2.44 bits per heavy atom. The van der Waals surface area contributed by atoms with E-state index in [1.807, 2.05) is 49.4 Å². The molecule has 8 nitrogen and oxygen atoms in total. The van der Waals surface area contributed by atoms with Gasteiger partial charge in [0.25, 0.3) is 5.56 Å². The molecule has 1 unspecified atom stereocenters. The third-order valence-corrected chi connectivity index (χ3v) is 6.83. The fourth-order valence-electron chi connectivity index (χ4n) is 5.35. The van der Waals surface area contributed by atoms with Gasteiger partial charge in [-0.05, 0) is 32.4 Å². The molecule has 2 N–H and O–H groups in total. The summed E-state index contributed by atoms with van der Waals surface area (Å²) in [6.07, 6.45) is 0. The molecule has 1 aromatic heterocycles. The van der Waals surface area contributed by atoms with E-state index in [9.17, 15) is 14.4 Å². The minimum Gasteiger partial charge on any atom is -0.462 e. The number of nitrogens with two attached hydrogens (primary N) is 1. The molecule has 1 spiro atoms. The average molecular weight is 486 g/mol. The molecule has 2 aliphatic heterocycles. The zero-order chi connectivity index (χ0) is 25.6. The van der Waals surface area contributed by atoms with Gasteiger partial charge in [-0.25, -0.2) is 4.79 Å². The van der Waals surface area contributed by atoms with E-state index in [-0.39, 0.29) is 35.9 Å². The van der Waals surface area contributed by atoms with Gasteiger partial charge in [0.2, 0.25) is 11.8 Å². The Hall–Kier alpha value is -4.33. The van der Waals surface area contributed by atoms with Crippen molar-refractivity contribution in [3.63, 3.8) is 0 Å². The van der Waals surface area contributed by atoms with E-state index in [1.165, 1.54) is 0 Å². The first kappa shape index (κ1) is 23.4. The topological polar surface area (TPSA) is 104 Å². The van der Waals surface area contributed by atoms with Gasteiger partial charge in [-0.3, -0.25) is 9.59 Å². The highest BCUT2D eigenvalue weighted by atomic mass is 16.5. The highest BCUT2D eigenvalue weighted by Crippen LogP contribution is 2.54. The number of benzene rings is 2. The molecule has 3 heterocycles. The number of pyridine rings is 1. The number of aryl methyl sites for hydroxylation is 1. The van der Waals surface area contributed by atoms with Crippen molar-refractivity contribution < 1.29 is 19.1 Å². The van der Waals surface area contributed by atoms with E-state index in [0.717, 1.165) is 5.56 Å². The zero-order valence-electron chi connectivity index (χ0n) is 20.4.